The Morgan fingerprint density at radius 2 is 2.08 bits per heavy atom. The Labute approximate surface area is 72.0 Å². The number of hydrogen-bond donors (Lipinski definition) is 1. The van der Waals surface area contributed by atoms with Crippen molar-refractivity contribution >= 4 is 0 Å². The van der Waals surface area contributed by atoms with E-state index in [9.17, 15) is 0 Å². The van der Waals surface area contributed by atoms with E-state index in [-0.39, 0.29) is 0 Å². The smallest absolute Gasteiger partial charge is 0.0997 e. The molecular formula is C8H14N4. The molecule has 0 spiro atoms. The second-order valence-corrected chi connectivity index (χ2v) is 3.53. The molecule has 2 rings (SSSR count). The van der Waals surface area contributed by atoms with Gasteiger partial charge in [-0.2, -0.15) is 15.4 Å². The quantitative estimate of drug-likeness (QED) is 0.663. The third kappa shape index (κ3) is 1.22. The molecule has 1 aliphatic heterocycles. The van der Waals surface area contributed by atoms with Gasteiger partial charge in [-0.15, -0.1) is 0 Å². The number of aromatic nitrogens is 3. The SMILES string of the molecule is CC(C)N1CCc2n[nH]nc2C1. The van der Waals surface area contributed by atoms with Crippen LogP contribution in [0.5, 0.6) is 0 Å². The highest BCUT2D eigenvalue weighted by Crippen LogP contribution is 2.15. The van der Waals surface area contributed by atoms with Gasteiger partial charge in [-0.05, 0) is 13.8 Å². The molecule has 0 saturated carbocycles. The summed E-state index contributed by atoms with van der Waals surface area (Å²) in [6, 6.07) is 0.606. The van der Waals surface area contributed by atoms with Crippen LogP contribution < -0.4 is 0 Å². The molecule has 2 heterocycles. The Morgan fingerprint density at radius 3 is 2.83 bits per heavy atom. The summed E-state index contributed by atoms with van der Waals surface area (Å²) in [5, 5.41) is 10.9. The zero-order valence-electron chi connectivity index (χ0n) is 7.54. The van der Waals surface area contributed by atoms with E-state index in [1.54, 1.807) is 0 Å². The third-order valence-electron chi connectivity index (χ3n) is 2.42. The molecule has 0 bridgehead atoms. The highest BCUT2D eigenvalue weighted by molar-refractivity contribution is 5.11. The molecule has 0 aromatic carbocycles. The fourth-order valence-electron chi connectivity index (χ4n) is 1.56. The van der Waals surface area contributed by atoms with Crippen LogP contribution in [0.4, 0.5) is 0 Å². The van der Waals surface area contributed by atoms with Crippen LogP contribution in [0.1, 0.15) is 25.2 Å². The van der Waals surface area contributed by atoms with Gasteiger partial charge in [-0.3, -0.25) is 4.90 Å². The van der Waals surface area contributed by atoms with Crippen molar-refractivity contribution in [1.82, 2.24) is 20.3 Å². The number of aromatic amines is 1. The topological polar surface area (TPSA) is 44.8 Å². The molecule has 1 N–H and O–H groups in total. The highest BCUT2D eigenvalue weighted by atomic mass is 15.3. The Morgan fingerprint density at radius 1 is 1.33 bits per heavy atom. The molecule has 0 saturated heterocycles. The van der Waals surface area contributed by atoms with Gasteiger partial charge in [0.05, 0.1) is 11.4 Å². The largest absolute Gasteiger partial charge is 0.295 e. The van der Waals surface area contributed by atoms with Gasteiger partial charge in [-0.1, -0.05) is 0 Å². The van der Waals surface area contributed by atoms with Gasteiger partial charge in [-0.25, -0.2) is 0 Å². The van der Waals surface area contributed by atoms with Crippen molar-refractivity contribution in [3.05, 3.63) is 11.4 Å². The molecule has 1 aliphatic rings. The van der Waals surface area contributed by atoms with E-state index in [1.807, 2.05) is 0 Å². The van der Waals surface area contributed by atoms with Gasteiger partial charge in [0, 0.05) is 25.6 Å². The second kappa shape index (κ2) is 2.86. The van der Waals surface area contributed by atoms with Gasteiger partial charge in [0.15, 0.2) is 0 Å². The molecule has 66 valence electrons. The Bertz CT molecular complexity index is 266. The number of nitrogens with zero attached hydrogens (tertiary/aromatic N) is 3. The maximum absolute atomic E-state index is 4.11. The maximum Gasteiger partial charge on any atom is 0.0997 e. The van der Waals surface area contributed by atoms with E-state index in [2.05, 4.69) is 34.2 Å². The average molecular weight is 166 g/mol. The van der Waals surface area contributed by atoms with Gasteiger partial charge < -0.3 is 0 Å². The van der Waals surface area contributed by atoms with E-state index in [4.69, 9.17) is 0 Å². The predicted octanol–water partition coefficient (Wildman–Crippen LogP) is 0.571. The molecule has 0 unspecified atom stereocenters. The maximum atomic E-state index is 4.11. The fraction of sp³-hybridized carbons (Fsp3) is 0.750. The van der Waals surface area contributed by atoms with Crippen LogP contribution in [-0.2, 0) is 13.0 Å². The van der Waals surface area contributed by atoms with Crippen LogP contribution in [0.2, 0.25) is 0 Å². The lowest BCUT2D eigenvalue weighted by atomic mass is 10.1. The molecule has 1 aromatic heterocycles. The highest BCUT2D eigenvalue weighted by Gasteiger charge is 2.20. The molecule has 0 aliphatic carbocycles. The van der Waals surface area contributed by atoms with Crippen molar-refractivity contribution in [1.29, 1.82) is 0 Å². The molecule has 4 heteroatoms. The first-order chi connectivity index (χ1) is 5.77. The minimum absolute atomic E-state index is 0.606. The standard InChI is InChI=1S/C8H14N4/c1-6(2)12-4-3-7-8(5-12)10-11-9-7/h6H,3-5H2,1-2H3,(H,9,10,11). The lowest BCUT2D eigenvalue weighted by Crippen LogP contribution is -2.35. The van der Waals surface area contributed by atoms with Crippen LogP contribution in [0.25, 0.3) is 0 Å². The Hall–Kier alpha value is -0.900. The lowest BCUT2D eigenvalue weighted by Gasteiger charge is -2.28. The summed E-state index contributed by atoms with van der Waals surface area (Å²) in [7, 11) is 0. The molecule has 1 aromatic rings. The minimum Gasteiger partial charge on any atom is -0.295 e. The molecule has 0 amide bonds. The van der Waals surface area contributed by atoms with Crippen molar-refractivity contribution in [3.8, 4) is 0 Å². The van der Waals surface area contributed by atoms with E-state index in [1.165, 1.54) is 0 Å². The summed E-state index contributed by atoms with van der Waals surface area (Å²) in [6.07, 6.45) is 1.03. The summed E-state index contributed by atoms with van der Waals surface area (Å²) < 4.78 is 0. The number of nitrogens with one attached hydrogen (secondary N) is 1. The van der Waals surface area contributed by atoms with Crippen molar-refractivity contribution in [2.24, 2.45) is 0 Å². The van der Waals surface area contributed by atoms with Crippen LogP contribution in [0, 0.1) is 0 Å². The molecular weight excluding hydrogens is 152 g/mol. The van der Waals surface area contributed by atoms with E-state index in [0.717, 1.165) is 30.9 Å². The van der Waals surface area contributed by atoms with Crippen LogP contribution >= 0.6 is 0 Å². The molecule has 0 radical (unpaired) electrons. The summed E-state index contributed by atoms with van der Waals surface area (Å²) in [6.45, 7) is 6.48. The van der Waals surface area contributed by atoms with Crippen molar-refractivity contribution in [3.63, 3.8) is 0 Å². The van der Waals surface area contributed by atoms with Crippen LogP contribution in [0.15, 0.2) is 0 Å². The Kier molecular flexibility index (Phi) is 1.84. The van der Waals surface area contributed by atoms with Gasteiger partial charge in [0.2, 0.25) is 0 Å². The van der Waals surface area contributed by atoms with E-state index < -0.39 is 0 Å². The number of H-pyrrole nitrogens is 1. The minimum atomic E-state index is 0.606. The fourth-order valence-corrected chi connectivity index (χ4v) is 1.56. The lowest BCUT2D eigenvalue weighted by molar-refractivity contribution is 0.200. The first kappa shape index (κ1) is 7.73. The monoisotopic (exact) mass is 166 g/mol. The number of rotatable bonds is 1. The summed E-state index contributed by atoms with van der Waals surface area (Å²) in [5.41, 5.74) is 2.27. The zero-order valence-corrected chi connectivity index (χ0v) is 7.54. The van der Waals surface area contributed by atoms with Crippen molar-refractivity contribution in [2.75, 3.05) is 6.54 Å². The third-order valence-corrected chi connectivity index (χ3v) is 2.42. The molecule has 0 fully saturated rings. The Balaban J connectivity index is 2.15. The van der Waals surface area contributed by atoms with Gasteiger partial charge in [0.25, 0.3) is 0 Å². The van der Waals surface area contributed by atoms with Gasteiger partial charge in [0.1, 0.15) is 0 Å². The summed E-state index contributed by atoms with van der Waals surface area (Å²) in [5.74, 6) is 0. The summed E-state index contributed by atoms with van der Waals surface area (Å²) >= 11 is 0. The van der Waals surface area contributed by atoms with E-state index in [0.29, 0.717) is 6.04 Å². The average Bonchev–Trinajstić information content (AvgIpc) is 2.49. The van der Waals surface area contributed by atoms with Crippen LogP contribution in [-0.4, -0.2) is 32.9 Å². The first-order valence-corrected chi connectivity index (χ1v) is 4.40. The van der Waals surface area contributed by atoms with Crippen molar-refractivity contribution < 1.29 is 0 Å². The number of fused-ring (bicyclic) bond motifs is 1. The number of hydrogen-bond acceptors (Lipinski definition) is 3. The van der Waals surface area contributed by atoms with Crippen molar-refractivity contribution in [2.45, 2.75) is 32.9 Å². The summed E-state index contributed by atoms with van der Waals surface area (Å²) in [4.78, 5) is 2.41. The van der Waals surface area contributed by atoms with E-state index >= 15 is 0 Å². The molecule has 4 nitrogen and oxygen atoms in total. The van der Waals surface area contributed by atoms with Crippen LogP contribution in [0.3, 0.4) is 0 Å². The second-order valence-electron chi connectivity index (χ2n) is 3.53. The predicted molar refractivity (Wildman–Crippen MR) is 45.6 cm³/mol. The van der Waals surface area contributed by atoms with Gasteiger partial charge >= 0.3 is 0 Å². The first-order valence-electron chi connectivity index (χ1n) is 4.40. The zero-order chi connectivity index (χ0) is 8.55. The molecule has 0 atom stereocenters. The normalized spacial score (nSPS) is 18.2. The molecule has 12 heavy (non-hydrogen) atoms.